The Kier molecular flexibility index (Phi) is 3.55. The summed E-state index contributed by atoms with van der Waals surface area (Å²) < 4.78 is 0. The highest BCUT2D eigenvalue weighted by molar-refractivity contribution is 7.99. The van der Waals surface area contributed by atoms with Crippen LogP contribution >= 0.6 is 11.8 Å². The van der Waals surface area contributed by atoms with Crippen LogP contribution in [0.5, 0.6) is 0 Å². The molecule has 13 heavy (non-hydrogen) atoms. The van der Waals surface area contributed by atoms with Crippen LogP contribution in [-0.2, 0) is 0 Å². The number of hydrogen-bond donors (Lipinski definition) is 0. The molecule has 70 valence electrons. The van der Waals surface area contributed by atoms with E-state index in [0.29, 0.717) is 5.75 Å². The van der Waals surface area contributed by atoms with Gasteiger partial charge in [0.25, 0.3) is 0 Å². The molecular formula is C11H14OS. The van der Waals surface area contributed by atoms with E-state index in [-0.39, 0.29) is 5.78 Å². The molecular weight excluding hydrogens is 180 g/mol. The molecule has 0 aliphatic heterocycles. The van der Waals surface area contributed by atoms with Gasteiger partial charge in [-0.1, -0.05) is 18.2 Å². The Labute approximate surface area is 83.5 Å². The third kappa shape index (κ3) is 2.34. The van der Waals surface area contributed by atoms with Crippen molar-refractivity contribution in [2.45, 2.75) is 13.8 Å². The number of aryl methyl sites for hydroxylation is 1. The summed E-state index contributed by atoms with van der Waals surface area (Å²) in [4.78, 5) is 11.6. The van der Waals surface area contributed by atoms with Crippen LogP contribution in [0.15, 0.2) is 18.2 Å². The Morgan fingerprint density at radius 3 is 2.69 bits per heavy atom. The third-order valence-corrected chi connectivity index (χ3v) is 2.73. The van der Waals surface area contributed by atoms with Crippen LogP contribution in [0.3, 0.4) is 0 Å². The van der Waals surface area contributed by atoms with E-state index >= 15 is 0 Å². The Morgan fingerprint density at radius 1 is 1.38 bits per heavy atom. The van der Waals surface area contributed by atoms with Crippen LogP contribution in [0.2, 0.25) is 0 Å². The van der Waals surface area contributed by atoms with Crippen molar-refractivity contribution in [1.29, 1.82) is 0 Å². The van der Waals surface area contributed by atoms with E-state index in [9.17, 15) is 4.79 Å². The van der Waals surface area contributed by atoms with Gasteiger partial charge in [-0.2, -0.15) is 11.8 Å². The smallest absolute Gasteiger partial charge is 0.172 e. The first-order valence-corrected chi connectivity index (χ1v) is 5.64. The van der Waals surface area contributed by atoms with Crippen LogP contribution in [0.1, 0.15) is 21.5 Å². The number of Topliss-reactive ketones (excluding diaryl/α,β-unsaturated/α-hetero) is 1. The number of rotatable bonds is 3. The van der Waals surface area contributed by atoms with Gasteiger partial charge in [0.2, 0.25) is 0 Å². The lowest BCUT2D eigenvalue weighted by molar-refractivity contribution is 0.102. The van der Waals surface area contributed by atoms with Crippen LogP contribution in [0.4, 0.5) is 0 Å². The molecule has 1 rings (SSSR count). The first-order valence-electron chi connectivity index (χ1n) is 4.25. The van der Waals surface area contributed by atoms with Crippen molar-refractivity contribution in [3.05, 3.63) is 34.9 Å². The summed E-state index contributed by atoms with van der Waals surface area (Å²) in [5.74, 6) is 0.804. The monoisotopic (exact) mass is 194 g/mol. The number of benzene rings is 1. The summed E-state index contributed by atoms with van der Waals surface area (Å²) in [6, 6.07) is 5.88. The van der Waals surface area contributed by atoms with Crippen LogP contribution in [-0.4, -0.2) is 17.8 Å². The van der Waals surface area contributed by atoms with Crippen LogP contribution < -0.4 is 0 Å². The molecule has 1 nitrogen and oxygen atoms in total. The zero-order valence-corrected chi connectivity index (χ0v) is 9.07. The van der Waals surface area contributed by atoms with E-state index < -0.39 is 0 Å². The van der Waals surface area contributed by atoms with Gasteiger partial charge in [0.15, 0.2) is 5.78 Å². The minimum absolute atomic E-state index is 0.230. The number of hydrogen-bond acceptors (Lipinski definition) is 2. The second kappa shape index (κ2) is 4.47. The summed E-state index contributed by atoms with van der Waals surface area (Å²) in [6.45, 7) is 4.04. The average molecular weight is 194 g/mol. The molecule has 0 aliphatic carbocycles. The molecule has 0 bridgehead atoms. The van der Waals surface area contributed by atoms with Crippen molar-refractivity contribution in [3.8, 4) is 0 Å². The lowest BCUT2D eigenvalue weighted by Gasteiger charge is -2.05. The second-order valence-corrected chi connectivity index (χ2v) is 3.97. The van der Waals surface area contributed by atoms with Crippen molar-refractivity contribution in [3.63, 3.8) is 0 Å². The fourth-order valence-electron chi connectivity index (χ4n) is 1.26. The zero-order chi connectivity index (χ0) is 9.84. The molecule has 0 radical (unpaired) electrons. The Balaban J connectivity index is 3.01. The van der Waals surface area contributed by atoms with E-state index in [1.54, 1.807) is 11.8 Å². The van der Waals surface area contributed by atoms with Gasteiger partial charge in [0.1, 0.15) is 0 Å². The molecule has 1 aromatic rings. The molecule has 0 N–H and O–H groups in total. The summed E-state index contributed by atoms with van der Waals surface area (Å²) in [6.07, 6.45) is 1.95. The fraction of sp³-hybridized carbons (Fsp3) is 0.364. The maximum atomic E-state index is 11.6. The highest BCUT2D eigenvalue weighted by Crippen LogP contribution is 2.14. The molecule has 0 spiro atoms. The van der Waals surface area contributed by atoms with E-state index in [2.05, 4.69) is 0 Å². The molecule has 0 unspecified atom stereocenters. The number of thioether (sulfide) groups is 1. The third-order valence-electron chi connectivity index (χ3n) is 2.18. The first-order chi connectivity index (χ1) is 6.16. The molecule has 0 saturated carbocycles. The number of ketones is 1. The van der Waals surface area contributed by atoms with Crippen molar-refractivity contribution in [1.82, 2.24) is 0 Å². The maximum absolute atomic E-state index is 11.6. The van der Waals surface area contributed by atoms with Gasteiger partial charge in [-0.05, 0) is 31.2 Å². The topological polar surface area (TPSA) is 17.1 Å². The highest BCUT2D eigenvalue weighted by atomic mass is 32.2. The molecule has 0 amide bonds. The fourth-order valence-corrected chi connectivity index (χ4v) is 1.68. The van der Waals surface area contributed by atoms with E-state index in [1.807, 2.05) is 38.3 Å². The quantitative estimate of drug-likeness (QED) is 0.688. The SMILES string of the molecule is CSCC(=O)c1cccc(C)c1C. The summed E-state index contributed by atoms with van der Waals surface area (Å²) in [7, 11) is 0. The summed E-state index contributed by atoms with van der Waals surface area (Å²) in [5, 5.41) is 0. The summed E-state index contributed by atoms with van der Waals surface area (Å²) >= 11 is 1.57. The lowest BCUT2D eigenvalue weighted by atomic mass is 10.0. The number of carbonyl (C=O) groups excluding carboxylic acids is 1. The maximum Gasteiger partial charge on any atom is 0.172 e. The minimum atomic E-state index is 0.230. The molecule has 0 fully saturated rings. The van der Waals surface area contributed by atoms with Crippen molar-refractivity contribution in [2.75, 3.05) is 12.0 Å². The minimum Gasteiger partial charge on any atom is -0.293 e. The predicted molar refractivity (Wildman–Crippen MR) is 58.6 cm³/mol. The molecule has 1 aromatic carbocycles. The van der Waals surface area contributed by atoms with Gasteiger partial charge in [-0.15, -0.1) is 0 Å². The van der Waals surface area contributed by atoms with E-state index in [1.165, 1.54) is 5.56 Å². The predicted octanol–water partition coefficient (Wildman–Crippen LogP) is 2.85. The Bertz CT molecular complexity index is 318. The molecule has 0 aliphatic rings. The van der Waals surface area contributed by atoms with Gasteiger partial charge in [0, 0.05) is 5.56 Å². The van der Waals surface area contributed by atoms with Gasteiger partial charge >= 0.3 is 0 Å². The molecule has 0 aromatic heterocycles. The standard InChI is InChI=1S/C11H14OS/c1-8-5-4-6-10(9(8)2)11(12)7-13-3/h4-6H,7H2,1-3H3. The highest BCUT2D eigenvalue weighted by Gasteiger charge is 2.08. The van der Waals surface area contributed by atoms with E-state index in [4.69, 9.17) is 0 Å². The van der Waals surface area contributed by atoms with Crippen LogP contribution in [0.25, 0.3) is 0 Å². The lowest BCUT2D eigenvalue weighted by Crippen LogP contribution is -2.05. The van der Waals surface area contributed by atoms with Crippen molar-refractivity contribution in [2.24, 2.45) is 0 Å². The largest absolute Gasteiger partial charge is 0.293 e. The Morgan fingerprint density at radius 2 is 2.08 bits per heavy atom. The molecule has 0 heterocycles. The van der Waals surface area contributed by atoms with Crippen molar-refractivity contribution < 1.29 is 4.79 Å². The van der Waals surface area contributed by atoms with Crippen molar-refractivity contribution >= 4 is 17.5 Å². The van der Waals surface area contributed by atoms with Gasteiger partial charge in [-0.3, -0.25) is 4.79 Å². The van der Waals surface area contributed by atoms with Gasteiger partial charge in [-0.25, -0.2) is 0 Å². The molecule has 2 heteroatoms. The average Bonchev–Trinajstić information content (AvgIpc) is 2.10. The zero-order valence-electron chi connectivity index (χ0n) is 8.26. The van der Waals surface area contributed by atoms with Gasteiger partial charge in [0.05, 0.1) is 5.75 Å². The first kappa shape index (κ1) is 10.3. The molecule has 0 saturated heterocycles. The number of carbonyl (C=O) groups is 1. The second-order valence-electron chi connectivity index (χ2n) is 3.10. The van der Waals surface area contributed by atoms with Gasteiger partial charge < -0.3 is 0 Å². The normalized spacial score (nSPS) is 10.1. The Hall–Kier alpha value is -0.760. The molecule has 0 atom stereocenters. The summed E-state index contributed by atoms with van der Waals surface area (Å²) in [5.41, 5.74) is 3.17. The van der Waals surface area contributed by atoms with E-state index in [0.717, 1.165) is 11.1 Å². The van der Waals surface area contributed by atoms with Crippen LogP contribution in [0, 0.1) is 13.8 Å².